The molecule has 0 unspecified atom stereocenters. The van der Waals surface area contributed by atoms with E-state index in [1.807, 2.05) is 6.07 Å². The normalized spacial score (nSPS) is 24.0. The van der Waals surface area contributed by atoms with Gasteiger partial charge in [0.25, 0.3) is 5.91 Å². The second-order valence-corrected chi connectivity index (χ2v) is 8.09. The number of carbonyl (C=O) groups is 1. The molecule has 1 aromatic heterocycles. The van der Waals surface area contributed by atoms with E-state index in [0.717, 1.165) is 24.7 Å². The Balaban J connectivity index is 1.57. The summed E-state index contributed by atoms with van der Waals surface area (Å²) in [4.78, 5) is 20.5. The number of anilines is 1. The average Bonchev–Trinajstić information content (AvgIpc) is 2.90. The molecule has 0 aliphatic carbocycles. The molecule has 3 heterocycles. The van der Waals surface area contributed by atoms with Crippen molar-refractivity contribution >= 4 is 11.6 Å². The Bertz CT molecular complexity index is 870. The highest BCUT2D eigenvalue weighted by molar-refractivity contribution is 5.94. The summed E-state index contributed by atoms with van der Waals surface area (Å²) < 4.78 is 27.7. The third-order valence-corrected chi connectivity index (χ3v) is 5.82. The number of hydrogen-bond acceptors (Lipinski definition) is 3. The number of halogens is 2. The van der Waals surface area contributed by atoms with Crippen molar-refractivity contribution in [1.82, 2.24) is 9.88 Å². The first-order valence-corrected chi connectivity index (χ1v) is 9.30. The Labute approximate surface area is 157 Å². The highest BCUT2D eigenvalue weighted by atomic mass is 19.1. The summed E-state index contributed by atoms with van der Waals surface area (Å²) in [6, 6.07) is 8.38. The van der Waals surface area contributed by atoms with Crippen molar-refractivity contribution in [3.8, 4) is 0 Å². The van der Waals surface area contributed by atoms with Crippen molar-refractivity contribution in [2.75, 3.05) is 18.0 Å². The molecule has 0 spiro atoms. The summed E-state index contributed by atoms with van der Waals surface area (Å²) in [5, 5.41) is 0. The summed E-state index contributed by atoms with van der Waals surface area (Å²) in [6.45, 7) is 5.46. The van der Waals surface area contributed by atoms with Crippen molar-refractivity contribution in [2.45, 2.75) is 38.3 Å². The molecule has 2 atom stereocenters. The molecule has 0 radical (unpaired) electrons. The molecule has 1 amide bonds. The molecule has 2 fully saturated rings. The van der Waals surface area contributed by atoms with Gasteiger partial charge in [-0.05, 0) is 56.9 Å². The first-order valence-electron chi connectivity index (χ1n) is 9.30. The van der Waals surface area contributed by atoms with E-state index in [1.165, 1.54) is 18.3 Å². The predicted octanol–water partition coefficient (Wildman–Crippen LogP) is 3.88. The van der Waals surface area contributed by atoms with Gasteiger partial charge in [0.2, 0.25) is 0 Å². The molecular formula is C21H23F2N3O. The minimum absolute atomic E-state index is 0.0719. The van der Waals surface area contributed by atoms with Crippen molar-refractivity contribution in [3.05, 3.63) is 59.9 Å². The lowest BCUT2D eigenvalue weighted by molar-refractivity contribution is 0.0662. The van der Waals surface area contributed by atoms with Crippen LogP contribution in [-0.2, 0) is 0 Å². The standard InChI is InChI=1S/C21H23F2N3O/c1-21(2)11-14-13-25(20(27)17-6-8-24-12-18(17)23)9-7-19(14)26(21)16-5-3-4-15(22)10-16/h3-6,8,10,12,14,19H,7,9,11,13H2,1-2H3/t14-,19+/m1/s1. The minimum Gasteiger partial charge on any atom is -0.363 e. The molecule has 4 nitrogen and oxygen atoms in total. The summed E-state index contributed by atoms with van der Waals surface area (Å²) in [6.07, 6.45) is 4.19. The van der Waals surface area contributed by atoms with Crippen LogP contribution in [0.3, 0.4) is 0 Å². The number of likely N-dealkylation sites (tertiary alicyclic amines) is 1. The SMILES string of the molecule is CC1(C)C[C@@H]2CN(C(=O)c3ccncc3F)CC[C@@H]2N1c1cccc(F)c1. The van der Waals surface area contributed by atoms with E-state index in [4.69, 9.17) is 0 Å². The number of fused-ring (bicyclic) bond motifs is 1. The third-order valence-electron chi connectivity index (χ3n) is 5.82. The quantitative estimate of drug-likeness (QED) is 0.804. The molecule has 6 heteroatoms. The molecule has 2 aliphatic heterocycles. The monoisotopic (exact) mass is 371 g/mol. The van der Waals surface area contributed by atoms with E-state index in [9.17, 15) is 13.6 Å². The van der Waals surface area contributed by atoms with E-state index in [1.54, 1.807) is 17.0 Å². The number of nitrogens with zero attached hydrogens (tertiary/aromatic N) is 3. The fourth-order valence-electron chi connectivity index (χ4n) is 4.82. The molecule has 4 rings (SSSR count). The summed E-state index contributed by atoms with van der Waals surface area (Å²) in [7, 11) is 0. The largest absolute Gasteiger partial charge is 0.363 e. The Hall–Kier alpha value is -2.50. The number of benzene rings is 1. The highest BCUT2D eigenvalue weighted by Crippen LogP contribution is 2.44. The maximum absolute atomic E-state index is 14.0. The Kier molecular flexibility index (Phi) is 4.36. The van der Waals surface area contributed by atoms with Crippen LogP contribution in [0.15, 0.2) is 42.7 Å². The van der Waals surface area contributed by atoms with Crippen LogP contribution >= 0.6 is 0 Å². The average molecular weight is 371 g/mol. The van der Waals surface area contributed by atoms with Gasteiger partial charge in [0.1, 0.15) is 5.82 Å². The van der Waals surface area contributed by atoms with Gasteiger partial charge in [-0.15, -0.1) is 0 Å². The lowest BCUT2D eigenvalue weighted by Crippen LogP contribution is -2.50. The summed E-state index contributed by atoms with van der Waals surface area (Å²) in [5.41, 5.74) is 0.819. The fraction of sp³-hybridized carbons (Fsp3) is 0.429. The predicted molar refractivity (Wildman–Crippen MR) is 99.6 cm³/mol. The third kappa shape index (κ3) is 3.17. The van der Waals surface area contributed by atoms with Crippen molar-refractivity contribution in [2.24, 2.45) is 5.92 Å². The maximum atomic E-state index is 14.0. The van der Waals surface area contributed by atoms with Crippen LogP contribution in [0, 0.1) is 17.6 Å². The molecule has 27 heavy (non-hydrogen) atoms. The number of piperidine rings is 1. The lowest BCUT2D eigenvalue weighted by atomic mass is 9.89. The second-order valence-electron chi connectivity index (χ2n) is 8.09. The van der Waals surface area contributed by atoms with E-state index in [0.29, 0.717) is 13.1 Å². The van der Waals surface area contributed by atoms with E-state index < -0.39 is 5.82 Å². The van der Waals surface area contributed by atoms with Crippen LogP contribution < -0.4 is 4.90 Å². The lowest BCUT2D eigenvalue weighted by Gasteiger charge is -2.41. The molecule has 2 aliphatic rings. The van der Waals surface area contributed by atoms with Gasteiger partial charge in [0.05, 0.1) is 11.8 Å². The number of rotatable bonds is 2. The van der Waals surface area contributed by atoms with Gasteiger partial charge >= 0.3 is 0 Å². The number of pyridine rings is 1. The molecule has 2 saturated heterocycles. The van der Waals surface area contributed by atoms with Crippen LogP contribution in [0.5, 0.6) is 0 Å². The number of aromatic nitrogens is 1. The van der Waals surface area contributed by atoms with Crippen LogP contribution in [0.1, 0.15) is 37.0 Å². The van der Waals surface area contributed by atoms with Gasteiger partial charge in [-0.2, -0.15) is 0 Å². The summed E-state index contributed by atoms with van der Waals surface area (Å²) in [5.74, 6) is -0.841. The van der Waals surface area contributed by atoms with Crippen LogP contribution in [0.4, 0.5) is 14.5 Å². The van der Waals surface area contributed by atoms with Crippen molar-refractivity contribution in [1.29, 1.82) is 0 Å². The zero-order valence-corrected chi connectivity index (χ0v) is 15.5. The molecule has 142 valence electrons. The van der Waals surface area contributed by atoms with Gasteiger partial charge in [-0.3, -0.25) is 9.78 Å². The molecule has 0 N–H and O–H groups in total. The van der Waals surface area contributed by atoms with Crippen LogP contribution in [0.2, 0.25) is 0 Å². The fourth-order valence-corrected chi connectivity index (χ4v) is 4.82. The molecule has 0 bridgehead atoms. The first kappa shape index (κ1) is 17.9. The van der Waals surface area contributed by atoms with Crippen molar-refractivity contribution < 1.29 is 13.6 Å². The van der Waals surface area contributed by atoms with Gasteiger partial charge in [-0.1, -0.05) is 6.07 Å². The Morgan fingerprint density at radius 3 is 2.81 bits per heavy atom. The molecule has 1 aromatic carbocycles. The van der Waals surface area contributed by atoms with E-state index >= 15 is 0 Å². The van der Waals surface area contributed by atoms with Gasteiger partial charge in [0.15, 0.2) is 5.82 Å². The Morgan fingerprint density at radius 1 is 1.26 bits per heavy atom. The maximum Gasteiger partial charge on any atom is 0.256 e. The zero-order chi connectivity index (χ0) is 19.2. The van der Waals surface area contributed by atoms with Gasteiger partial charge < -0.3 is 9.80 Å². The first-order chi connectivity index (χ1) is 12.9. The van der Waals surface area contributed by atoms with Crippen molar-refractivity contribution in [3.63, 3.8) is 0 Å². The van der Waals surface area contributed by atoms with Crippen LogP contribution in [0.25, 0.3) is 0 Å². The Morgan fingerprint density at radius 2 is 2.07 bits per heavy atom. The zero-order valence-electron chi connectivity index (χ0n) is 15.5. The topological polar surface area (TPSA) is 36.4 Å². The minimum atomic E-state index is -0.585. The number of amides is 1. The molecule has 0 saturated carbocycles. The molecular weight excluding hydrogens is 348 g/mol. The highest BCUT2D eigenvalue weighted by Gasteiger charge is 2.48. The second kappa shape index (κ2) is 6.59. The van der Waals surface area contributed by atoms with E-state index in [2.05, 4.69) is 23.7 Å². The van der Waals surface area contributed by atoms with Crippen LogP contribution in [-0.4, -0.2) is 40.5 Å². The molecule has 2 aromatic rings. The smallest absolute Gasteiger partial charge is 0.256 e. The number of hydrogen-bond donors (Lipinski definition) is 0. The van der Waals surface area contributed by atoms with E-state index in [-0.39, 0.29) is 34.8 Å². The summed E-state index contributed by atoms with van der Waals surface area (Å²) >= 11 is 0. The van der Waals surface area contributed by atoms with Gasteiger partial charge in [0, 0.05) is 36.6 Å². The number of carbonyl (C=O) groups excluding carboxylic acids is 1. The van der Waals surface area contributed by atoms with Gasteiger partial charge in [-0.25, -0.2) is 8.78 Å².